The molecule has 5 aromatic carbocycles. The van der Waals surface area contributed by atoms with Gasteiger partial charge in [0.2, 0.25) is 11.5 Å². The quantitative estimate of drug-likeness (QED) is 0.222. The third-order valence-electron chi connectivity index (χ3n) is 7.05. The smallest absolute Gasteiger partial charge is 0.228 e. The summed E-state index contributed by atoms with van der Waals surface area (Å²) in [6, 6.07) is 40.6. The molecule has 0 unspecified atom stereocenters. The van der Waals surface area contributed by atoms with Gasteiger partial charge in [0.05, 0.1) is 24.0 Å². The van der Waals surface area contributed by atoms with Gasteiger partial charge in [0.25, 0.3) is 0 Å². The first-order valence-corrected chi connectivity index (χ1v) is 13.1. The fraction of sp³-hybridized carbons (Fsp3) is 0.0588. The van der Waals surface area contributed by atoms with Crippen LogP contribution in [0.15, 0.2) is 127 Å². The van der Waals surface area contributed by atoms with E-state index in [0.29, 0.717) is 18.6 Å². The predicted molar refractivity (Wildman–Crippen MR) is 159 cm³/mol. The molecular formula is C34H28N4O2. The molecule has 196 valence electrons. The number of phenols is 1. The summed E-state index contributed by atoms with van der Waals surface area (Å²) in [6.45, 7) is 0.382. The van der Waals surface area contributed by atoms with Crippen molar-refractivity contribution in [1.29, 1.82) is 5.41 Å². The van der Waals surface area contributed by atoms with E-state index < -0.39 is 0 Å². The summed E-state index contributed by atoms with van der Waals surface area (Å²) < 4.78 is 3.81. The molecule has 1 amide bonds. The van der Waals surface area contributed by atoms with Crippen molar-refractivity contribution in [3.05, 3.63) is 144 Å². The minimum atomic E-state index is -0.0677. The maximum Gasteiger partial charge on any atom is 0.228 e. The molecule has 1 aromatic heterocycles. The van der Waals surface area contributed by atoms with Crippen LogP contribution in [0.2, 0.25) is 0 Å². The van der Waals surface area contributed by atoms with Gasteiger partial charge in [-0.15, -0.1) is 0 Å². The Morgan fingerprint density at radius 3 is 2.15 bits per heavy atom. The van der Waals surface area contributed by atoms with E-state index in [2.05, 4.69) is 5.32 Å². The second-order valence-corrected chi connectivity index (χ2v) is 9.67. The molecule has 0 aliphatic rings. The average Bonchev–Trinajstić information content (AvgIpc) is 3.26. The van der Waals surface area contributed by atoms with Gasteiger partial charge in [-0.3, -0.25) is 14.8 Å². The Morgan fingerprint density at radius 1 is 0.725 bits per heavy atom. The van der Waals surface area contributed by atoms with E-state index in [4.69, 9.17) is 5.41 Å². The molecule has 0 radical (unpaired) electrons. The highest BCUT2D eigenvalue weighted by Crippen LogP contribution is 2.29. The summed E-state index contributed by atoms with van der Waals surface area (Å²) in [4.78, 5) is 12.8. The van der Waals surface area contributed by atoms with Gasteiger partial charge >= 0.3 is 0 Å². The SMILES string of the molecule is N=c1n(Cc2ccccc2O)c2ccccc2n1-c1ccc(-c2ccccc2NC(=O)Cc2ccccc2)cc1. The van der Waals surface area contributed by atoms with E-state index in [-0.39, 0.29) is 11.7 Å². The number of amides is 1. The molecule has 0 saturated heterocycles. The van der Waals surface area contributed by atoms with Crippen molar-refractivity contribution < 1.29 is 9.90 Å². The second-order valence-electron chi connectivity index (χ2n) is 9.67. The topological polar surface area (TPSA) is 83.0 Å². The highest BCUT2D eigenvalue weighted by atomic mass is 16.3. The van der Waals surface area contributed by atoms with E-state index in [1.807, 2.05) is 124 Å². The van der Waals surface area contributed by atoms with Gasteiger partial charge in [0, 0.05) is 22.5 Å². The Labute approximate surface area is 231 Å². The molecule has 40 heavy (non-hydrogen) atoms. The molecular weight excluding hydrogens is 496 g/mol. The second kappa shape index (κ2) is 10.8. The van der Waals surface area contributed by atoms with Gasteiger partial charge in [-0.25, -0.2) is 0 Å². The number of hydrogen-bond acceptors (Lipinski definition) is 3. The maximum atomic E-state index is 12.8. The Kier molecular flexibility index (Phi) is 6.73. The summed E-state index contributed by atoms with van der Waals surface area (Å²) in [5.41, 5.74) is 7.34. The number of benzene rings is 5. The molecule has 0 fully saturated rings. The molecule has 6 nitrogen and oxygen atoms in total. The molecule has 3 N–H and O–H groups in total. The molecule has 6 heteroatoms. The van der Waals surface area contributed by atoms with Gasteiger partial charge in [-0.05, 0) is 47.5 Å². The summed E-state index contributed by atoms with van der Waals surface area (Å²) >= 11 is 0. The largest absolute Gasteiger partial charge is 0.508 e. The van der Waals surface area contributed by atoms with Crippen LogP contribution >= 0.6 is 0 Å². The fourth-order valence-electron chi connectivity index (χ4n) is 5.08. The molecule has 6 rings (SSSR count). The number of hydrogen-bond donors (Lipinski definition) is 3. The lowest BCUT2D eigenvalue weighted by Gasteiger charge is -2.12. The molecule has 6 aromatic rings. The molecule has 0 spiro atoms. The van der Waals surface area contributed by atoms with Gasteiger partial charge in [0.1, 0.15) is 5.75 Å². The number of imidazole rings is 1. The first-order chi connectivity index (χ1) is 19.6. The monoisotopic (exact) mass is 524 g/mol. The third-order valence-corrected chi connectivity index (χ3v) is 7.05. The first kappa shape index (κ1) is 24.9. The Hall–Kier alpha value is -5.36. The standard InChI is InChI=1S/C34H28N4O2/c35-34-37(23-26-12-4-9-17-32(26)39)30-15-7-8-16-31(30)38(34)27-20-18-25(19-21-27)28-13-5-6-14-29(28)36-33(40)22-24-10-2-1-3-11-24/h1-21,35,39H,22-23H2,(H,36,40). The van der Waals surface area contributed by atoms with Crippen molar-refractivity contribution in [2.24, 2.45) is 0 Å². The number of nitrogens with zero attached hydrogens (tertiary/aromatic N) is 2. The van der Waals surface area contributed by atoms with Gasteiger partial charge in [-0.1, -0.05) is 91.0 Å². The number of phenolic OH excluding ortho intramolecular Hbond substituents is 1. The summed E-state index contributed by atoms with van der Waals surface area (Å²) in [7, 11) is 0. The van der Waals surface area contributed by atoms with Crippen LogP contribution in [0.4, 0.5) is 5.69 Å². The van der Waals surface area contributed by atoms with Gasteiger partial charge < -0.3 is 15.0 Å². The zero-order valence-corrected chi connectivity index (χ0v) is 21.8. The van der Waals surface area contributed by atoms with Gasteiger partial charge in [0.15, 0.2) is 0 Å². The number of carbonyl (C=O) groups is 1. The van der Waals surface area contributed by atoms with Crippen molar-refractivity contribution >= 4 is 22.6 Å². The van der Waals surface area contributed by atoms with Crippen molar-refractivity contribution in [2.45, 2.75) is 13.0 Å². The van der Waals surface area contributed by atoms with E-state index in [1.165, 1.54) is 0 Å². The van der Waals surface area contributed by atoms with E-state index >= 15 is 0 Å². The van der Waals surface area contributed by atoms with E-state index in [1.54, 1.807) is 12.1 Å². The van der Waals surface area contributed by atoms with Crippen LogP contribution in [0.5, 0.6) is 5.75 Å². The van der Waals surface area contributed by atoms with Crippen molar-refractivity contribution in [3.63, 3.8) is 0 Å². The normalized spacial score (nSPS) is 11.0. The van der Waals surface area contributed by atoms with Crippen LogP contribution in [0, 0.1) is 5.41 Å². The molecule has 0 aliphatic heterocycles. The van der Waals surface area contributed by atoms with Crippen LogP contribution < -0.4 is 10.9 Å². The zero-order chi connectivity index (χ0) is 27.5. The van der Waals surface area contributed by atoms with E-state index in [9.17, 15) is 9.90 Å². The number of nitrogens with one attached hydrogen (secondary N) is 2. The van der Waals surface area contributed by atoms with Crippen LogP contribution in [0.25, 0.3) is 27.8 Å². The van der Waals surface area contributed by atoms with Crippen LogP contribution in [-0.2, 0) is 17.8 Å². The third kappa shape index (κ3) is 4.90. The molecule has 0 aliphatic carbocycles. The molecule has 1 heterocycles. The minimum Gasteiger partial charge on any atom is -0.508 e. The maximum absolute atomic E-state index is 12.8. The number of aromatic hydroxyl groups is 1. The Balaban J connectivity index is 1.32. The predicted octanol–water partition coefficient (Wildman–Crippen LogP) is 6.51. The zero-order valence-electron chi connectivity index (χ0n) is 21.8. The van der Waals surface area contributed by atoms with Crippen LogP contribution in [-0.4, -0.2) is 20.1 Å². The number of anilines is 1. The summed E-state index contributed by atoms with van der Waals surface area (Å²) in [5.74, 6) is 0.145. The number of para-hydroxylation sites is 4. The first-order valence-electron chi connectivity index (χ1n) is 13.1. The summed E-state index contributed by atoms with van der Waals surface area (Å²) in [6.07, 6.45) is 0.307. The van der Waals surface area contributed by atoms with Crippen molar-refractivity contribution in [2.75, 3.05) is 5.32 Å². The average molecular weight is 525 g/mol. The van der Waals surface area contributed by atoms with Crippen molar-refractivity contribution in [3.8, 4) is 22.6 Å². The molecule has 0 saturated carbocycles. The summed E-state index contributed by atoms with van der Waals surface area (Å²) in [5, 5.41) is 22.5. The lowest BCUT2D eigenvalue weighted by molar-refractivity contribution is -0.115. The number of carbonyl (C=O) groups excluding carboxylic acids is 1. The molecule has 0 atom stereocenters. The van der Waals surface area contributed by atoms with Gasteiger partial charge in [-0.2, -0.15) is 0 Å². The van der Waals surface area contributed by atoms with Crippen LogP contribution in [0.3, 0.4) is 0 Å². The lowest BCUT2D eigenvalue weighted by atomic mass is 10.0. The number of fused-ring (bicyclic) bond motifs is 1. The highest BCUT2D eigenvalue weighted by Gasteiger charge is 2.15. The fourth-order valence-corrected chi connectivity index (χ4v) is 5.08. The minimum absolute atomic E-state index is 0.0677. The van der Waals surface area contributed by atoms with Crippen LogP contribution in [0.1, 0.15) is 11.1 Å². The Morgan fingerprint density at radius 2 is 1.38 bits per heavy atom. The number of rotatable bonds is 7. The lowest BCUT2D eigenvalue weighted by Crippen LogP contribution is -2.24. The molecule has 0 bridgehead atoms. The van der Waals surface area contributed by atoms with E-state index in [0.717, 1.165) is 44.7 Å². The number of aromatic nitrogens is 2. The highest BCUT2D eigenvalue weighted by molar-refractivity contribution is 5.96. The Bertz CT molecular complexity index is 1870. The van der Waals surface area contributed by atoms with Crippen molar-refractivity contribution in [1.82, 2.24) is 9.13 Å².